The predicted molar refractivity (Wildman–Crippen MR) is 257 cm³/mol. The third-order valence-corrected chi connectivity index (χ3v) is 10.6. The molecule has 0 saturated heterocycles. The van der Waals surface area contributed by atoms with E-state index < -0.39 is 109 Å². The largest absolute Gasteiger partial charge is 0.473 e. The molecule has 0 fully saturated rings. The molecule has 1 atom stereocenters. The van der Waals surface area contributed by atoms with Crippen molar-refractivity contribution in [3.05, 3.63) is 29.9 Å². The van der Waals surface area contributed by atoms with Gasteiger partial charge in [-0.3, -0.25) is 23.2 Å². The lowest BCUT2D eigenvalue weighted by atomic mass is 9.90. The summed E-state index contributed by atoms with van der Waals surface area (Å²) in [6, 6.07) is 1.09. The SMILES string of the molecule is C/C(=C\CP(=O)(OCOC(=O)C(C)(C)C)OCOC(=O)C(C)(C)C)COc1cc(N(C(=O)OC(C)(C)C)C(=O)OC(C)(C)CC2C=CCCCC2)nc(N(C(=O)OC(C)(C)C)C(=O)OC(C)(C)C)n1. The Morgan fingerprint density at radius 1 is 0.667 bits per heavy atom. The van der Waals surface area contributed by atoms with Crippen LogP contribution in [-0.4, -0.2) is 95.0 Å². The van der Waals surface area contributed by atoms with Gasteiger partial charge in [-0.25, -0.2) is 19.2 Å². The van der Waals surface area contributed by atoms with Crippen molar-refractivity contribution in [3.8, 4) is 5.88 Å². The van der Waals surface area contributed by atoms with E-state index in [4.69, 9.17) is 42.2 Å². The smallest absolute Gasteiger partial charge is 0.427 e. The van der Waals surface area contributed by atoms with E-state index in [1.165, 1.54) is 6.08 Å². The summed E-state index contributed by atoms with van der Waals surface area (Å²) in [5, 5.41) is 0. The van der Waals surface area contributed by atoms with E-state index in [1.807, 2.05) is 0 Å². The Kier molecular flexibility index (Phi) is 21.0. The average Bonchev–Trinajstić information content (AvgIpc) is 3.41. The number of carbonyl (C=O) groups excluding carboxylic acids is 6. The lowest BCUT2D eigenvalue weighted by Gasteiger charge is -2.32. The summed E-state index contributed by atoms with van der Waals surface area (Å²) < 4.78 is 64.0. The molecule has 1 unspecified atom stereocenters. The highest BCUT2D eigenvalue weighted by Crippen LogP contribution is 2.48. The molecule has 0 bridgehead atoms. The molecule has 0 aromatic carbocycles. The molecule has 69 heavy (non-hydrogen) atoms. The molecule has 390 valence electrons. The number of imide groups is 2. The van der Waals surface area contributed by atoms with E-state index in [0.717, 1.165) is 31.7 Å². The Bertz CT molecular complexity index is 2020. The zero-order chi connectivity index (χ0) is 53.0. The highest BCUT2D eigenvalue weighted by molar-refractivity contribution is 7.54. The molecule has 0 saturated carbocycles. The molecule has 21 heteroatoms. The number of esters is 2. The number of anilines is 2. The van der Waals surface area contributed by atoms with Gasteiger partial charge in [-0.2, -0.15) is 14.9 Å². The number of amides is 4. The summed E-state index contributed by atoms with van der Waals surface area (Å²) in [5.74, 6) is -2.82. The summed E-state index contributed by atoms with van der Waals surface area (Å²) in [6.07, 6.45) is 4.51. The number of rotatable bonds is 16. The van der Waals surface area contributed by atoms with Crippen molar-refractivity contribution in [2.75, 3.05) is 36.2 Å². The molecule has 0 aliphatic heterocycles. The normalized spacial score (nSPS) is 15.3. The molecule has 0 N–H and O–H groups in total. The van der Waals surface area contributed by atoms with Gasteiger partial charge in [-0.15, -0.1) is 4.90 Å². The van der Waals surface area contributed by atoms with Crippen LogP contribution in [0.5, 0.6) is 5.88 Å². The predicted octanol–water partition coefficient (Wildman–Crippen LogP) is 11.6. The highest BCUT2D eigenvalue weighted by atomic mass is 31.2. The fourth-order valence-electron chi connectivity index (χ4n) is 5.70. The van der Waals surface area contributed by atoms with Crippen LogP contribution in [-0.2, 0) is 51.6 Å². The Hall–Kier alpha value is -5.07. The van der Waals surface area contributed by atoms with Gasteiger partial charge in [0.1, 0.15) is 29.0 Å². The first kappa shape index (κ1) is 60.1. The number of hydrogen-bond acceptors (Lipinski definition) is 18. The Labute approximate surface area is 408 Å². The van der Waals surface area contributed by atoms with Crippen molar-refractivity contribution in [3.63, 3.8) is 0 Å². The van der Waals surface area contributed by atoms with Crippen molar-refractivity contribution >= 4 is 55.7 Å². The minimum Gasteiger partial charge on any atom is -0.473 e. The summed E-state index contributed by atoms with van der Waals surface area (Å²) in [5.41, 5.74) is -5.96. The number of allylic oxidation sites excluding steroid dienone is 3. The molecule has 1 aromatic rings. The van der Waals surface area contributed by atoms with Gasteiger partial charge >= 0.3 is 43.9 Å². The van der Waals surface area contributed by atoms with E-state index in [2.05, 4.69) is 22.1 Å². The lowest BCUT2D eigenvalue weighted by molar-refractivity contribution is -0.162. The third kappa shape index (κ3) is 22.5. The molecule has 1 aliphatic carbocycles. The fourth-order valence-corrected chi connectivity index (χ4v) is 6.95. The summed E-state index contributed by atoms with van der Waals surface area (Å²) >= 11 is 0. The molecule has 1 aliphatic rings. The standard InChI is InChI=1S/C48H77N4O16P/c1-32(25-26-69(59,63-30-61-36(53)43(2,3)4)64-31-62-37(54)44(5,6)7)29-60-35-27-34(49-38(50-35)52(41(57)66-46(11,12)13)42(58)67-47(14,15)16)51(39(55)65-45(8,9)10)40(56)68-48(17,18)28-33-23-21-19-20-22-24-33/h21,23,25,27,33H,19-20,22,24,26,28-31H2,1-18H3/b32-25+. The molecular weight excluding hydrogens is 920 g/mol. The number of aromatic nitrogens is 2. The van der Waals surface area contributed by atoms with Gasteiger partial charge in [0.25, 0.3) is 0 Å². The van der Waals surface area contributed by atoms with Crippen LogP contribution < -0.4 is 14.5 Å². The maximum atomic E-state index is 14.4. The maximum Gasteiger partial charge on any atom is 0.427 e. The van der Waals surface area contributed by atoms with Crippen molar-refractivity contribution in [2.24, 2.45) is 16.7 Å². The highest BCUT2D eigenvalue weighted by Gasteiger charge is 2.40. The quantitative estimate of drug-likeness (QED) is 0.0492. The molecular formula is C48H77N4O16P. The van der Waals surface area contributed by atoms with E-state index in [9.17, 15) is 33.3 Å². The first-order chi connectivity index (χ1) is 31.3. The molecule has 1 aromatic heterocycles. The van der Waals surface area contributed by atoms with Crippen molar-refractivity contribution in [2.45, 2.75) is 179 Å². The second-order valence-electron chi connectivity index (χ2n) is 22.3. The van der Waals surface area contributed by atoms with E-state index in [1.54, 1.807) is 125 Å². The summed E-state index contributed by atoms with van der Waals surface area (Å²) in [6.45, 7) is 27.1. The summed E-state index contributed by atoms with van der Waals surface area (Å²) in [7, 11) is -4.19. The van der Waals surface area contributed by atoms with Crippen molar-refractivity contribution in [1.82, 2.24) is 9.97 Å². The Morgan fingerprint density at radius 2 is 1.13 bits per heavy atom. The molecule has 4 amide bonds. The van der Waals surface area contributed by atoms with Gasteiger partial charge in [-0.05, 0) is 162 Å². The van der Waals surface area contributed by atoms with Crippen LogP contribution >= 0.6 is 7.60 Å². The topological polar surface area (TPSA) is 235 Å². The molecule has 0 spiro atoms. The second kappa shape index (κ2) is 24.2. The van der Waals surface area contributed by atoms with Crippen LogP contribution in [0.1, 0.15) is 157 Å². The minimum absolute atomic E-state index is 0.0903. The maximum absolute atomic E-state index is 14.4. The number of hydrogen-bond donors (Lipinski definition) is 0. The van der Waals surface area contributed by atoms with Crippen LogP contribution in [0.2, 0.25) is 0 Å². The average molecular weight is 997 g/mol. The van der Waals surface area contributed by atoms with Crippen LogP contribution in [0.25, 0.3) is 0 Å². The molecule has 0 radical (unpaired) electrons. The van der Waals surface area contributed by atoms with Gasteiger partial charge in [0, 0.05) is 6.07 Å². The van der Waals surface area contributed by atoms with Gasteiger partial charge in [-0.1, -0.05) is 24.6 Å². The monoisotopic (exact) mass is 997 g/mol. The Balaban J connectivity index is 2.75. The van der Waals surface area contributed by atoms with Crippen molar-refractivity contribution < 1.29 is 75.5 Å². The molecule has 20 nitrogen and oxygen atoms in total. The molecule has 2 rings (SSSR count). The third-order valence-electron chi connectivity index (χ3n) is 8.95. The first-order valence-electron chi connectivity index (χ1n) is 22.9. The number of carbonyl (C=O) groups is 6. The first-order valence-corrected chi connectivity index (χ1v) is 24.6. The van der Waals surface area contributed by atoms with E-state index >= 15 is 0 Å². The number of nitrogens with zero attached hydrogens (tertiary/aromatic N) is 4. The summed E-state index contributed by atoms with van der Waals surface area (Å²) in [4.78, 5) is 90.6. The van der Waals surface area contributed by atoms with Crippen LogP contribution in [0, 0.1) is 16.7 Å². The van der Waals surface area contributed by atoms with Crippen LogP contribution in [0.3, 0.4) is 0 Å². The minimum atomic E-state index is -4.19. The molecule has 1 heterocycles. The zero-order valence-corrected chi connectivity index (χ0v) is 44.9. The second-order valence-corrected chi connectivity index (χ2v) is 24.4. The van der Waals surface area contributed by atoms with Gasteiger partial charge in [0.15, 0.2) is 5.82 Å². The van der Waals surface area contributed by atoms with Gasteiger partial charge in [0.05, 0.1) is 17.0 Å². The van der Waals surface area contributed by atoms with Gasteiger partial charge in [0.2, 0.25) is 25.4 Å². The van der Waals surface area contributed by atoms with Crippen LogP contribution in [0.4, 0.5) is 30.9 Å². The van der Waals surface area contributed by atoms with Crippen LogP contribution in [0.15, 0.2) is 29.9 Å². The van der Waals surface area contributed by atoms with E-state index in [0.29, 0.717) is 21.8 Å². The van der Waals surface area contributed by atoms with Crippen molar-refractivity contribution in [1.29, 1.82) is 0 Å². The van der Waals surface area contributed by atoms with Gasteiger partial charge < -0.3 is 33.2 Å². The number of ether oxygens (including phenoxy) is 7. The lowest BCUT2D eigenvalue weighted by Crippen LogP contribution is -2.46. The Morgan fingerprint density at radius 3 is 1.59 bits per heavy atom. The zero-order valence-electron chi connectivity index (χ0n) is 44.0. The fraction of sp³-hybridized carbons (Fsp3) is 0.708. The van der Waals surface area contributed by atoms with E-state index in [-0.39, 0.29) is 18.4 Å².